The summed E-state index contributed by atoms with van der Waals surface area (Å²) in [6, 6.07) is 4.22. The summed E-state index contributed by atoms with van der Waals surface area (Å²) < 4.78 is 2.21. The van der Waals surface area contributed by atoms with E-state index in [2.05, 4.69) is 35.9 Å². The quantitative estimate of drug-likeness (QED) is 0.767. The molecule has 15 heavy (non-hydrogen) atoms. The van der Waals surface area contributed by atoms with Gasteiger partial charge >= 0.3 is 0 Å². The minimum absolute atomic E-state index is 0.514. The first kappa shape index (κ1) is 10.7. The van der Waals surface area contributed by atoms with Crippen LogP contribution in [0.4, 0.5) is 0 Å². The van der Waals surface area contributed by atoms with E-state index < -0.39 is 5.60 Å². The SMILES string of the molecule is Cc1ccc(C)n1CC1(O)CCNCC1. The molecular weight excluding hydrogens is 188 g/mol. The lowest BCUT2D eigenvalue weighted by molar-refractivity contribution is -0.00612. The summed E-state index contributed by atoms with van der Waals surface area (Å²) in [5.74, 6) is 0. The highest BCUT2D eigenvalue weighted by atomic mass is 16.3. The molecule has 1 aromatic heterocycles. The smallest absolute Gasteiger partial charge is 0.0850 e. The topological polar surface area (TPSA) is 37.2 Å². The molecule has 0 amide bonds. The van der Waals surface area contributed by atoms with Crippen LogP contribution in [0, 0.1) is 13.8 Å². The Morgan fingerprint density at radius 3 is 2.33 bits per heavy atom. The zero-order chi connectivity index (χ0) is 10.9. The number of hydrogen-bond donors (Lipinski definition) is 2. The highest BCUT2D eigenvalue weighted by Gasteiger charge is 2.29. The number of hydrogen-bond acceptors (Lipinski definition) is 2. The average molecular weight is 208 g/mol. The Hall–Kier alpha value is -0.800. The van der Waals surface area contributed by atoms with Crippen LogP contribution < -0.4 is 5.32 Å². The van der Waals surface area contributed by atoms with Crippen molar-refractivity contribution < 1.29 is 5.11 Å². The van der Waals surface area contributed by atoms with Gasteiger partial charge in [0.05, 0.1) is 12.1 Å². The van der Waals surface area contributed by atoms with Gasteiger partial charge in [-0.1, -0.05) is 0 Å². The molecule has 0 radical (unpaired) electrons. The zero-order valence-electron chi connectivity index (χ0n) is 9.58. The van der Waals surface area contributed by atoms with Gasteiger partial charge < -0.3 is 15.0 Å². The number of piperidine rings is 1. The summed E-state index contributed by atoms with van der Waals surface area (Å²) in [4.78, 5) is 0. The van der Waals surface area contributed by atoms with Crippen LogP contribution >= 0.6 is 0 Å². The lowest BCUT2D eigenvalue weighted by Gasteiger charge is -2.33. The van der Waals surface area contributed by atoms with E-state index in [-0.39, 0.29) is 0 Å². The standard InChI is InChI=1S/C12H20N2O/c1-10-3-4-11(2)14(10)9-12(15)5-7-13-8-6-12/h3-4,13,15H,5-9H2,1-2H3. The minimum atomic E-state index is -0.514. The molecule has 1 aliphatic heterocycles. The Labute approximate surface area is 91.1 Å². The highest BCUT2D eigenvalue weighted by molar-refractivity contribution is 5.14. The lowest BCUT2D eigenvalue weighted by Crippen LogP contribution is -2.45. The van der Waals surface area contributed by atoms with Crippen LogP contribution in [0.2, 0.25) is 0 Å². The van der Waals surface area contributed by atoms with Crippen molar-refractivity contribution in [2.45, 2.75) is 38.8 Å². The van der Waals surface area contributed by atoms with Crippen LogP contribution in [-0.2, 0) is 6.54 Å². The predicted octanol–water partition coefficient (Wildman–Crippen LogP) is 1.22. The molecule has 2 N–H and O–H groups in total. The van der Waals surface area contributed by atoms with Crippen LogP contribution in [-0.4, -0.2) is 28.4 Å². The molecule has 0 saturated carbocycles. The van der Waals surface area contributed by atoms with Gasteiger partial charge in [0.15, 0.2) is 0 Å². The fraction of sp³-hybridized carbons (Fsp3) is 0.667. The first-order valence-corrected chi connectivity index (χ1v) is 5.67. The van der Waals surface area contributed by atoms with Crippen LogP contribution in [0.3, 0.4) is 0 Å². The van der Waals surface area contributed by atoms with Crippen LogP contribution in [0.15, 0.2) is 12.1 Å². The van der Waals surface area contributed by atoms with Crippen molar-refractivity contribution in [1.82, 2.24) is 9.88 Å². The second-order valence-electron chi connectivity index (χ2n) is 4.68. The van der Waals surface area contributed by atoms with Crippen molar-refractivity contribution in [3.8, 4) is 0 Å². The molecule has 0 unspecified atom stereocenters. The number of aromatic nitrogens is 1. The Morgan fingerprint density at radius 2 is 1.80 bits per heavy atom. The van der Waals surface area contributed by atoms with Gasteiger partial charge in [-0.2, -0.15) is 0 Å². The molecule has 1 aromatic rings. The first-order chi connectivity index (χ1) is 7.11. The molecule has 0 spiro atoms. The third-order valence-corrected chi connectivity index (χ3v) is 3.40. The van der Waals surface area contributed by atoms with Crippen molar-refractivity contribution in [3.63, 3.8) is 0 Å². The number of aryl methyl sites for hydroxylation is 2. The fourth-order valence-corrected chi connectivity index (χ4v) is 2.29. The second kappa shape index (κ2) is 3.99. The summed E-state index contributed by atoms with van der Waals surface area (Å²) in [5.41, 5.74) is 1.96. The van der Waals surface area contributed by atoms with Crippen molar-refractivity contribution in [1.29, 1.82) is 0 Å². The fourth-order valence-electron chi connectivity index (χ4n) is 2.29. The van der Waals surface area contributed by atoms with E-state index in [1.807, 2.05) is 0 Å². The molecule has 0 aromatic carbocycles. The molecule has 0 atom stereocenters. The normalized spacial score (nSPS) is 20.5. The van der Waals surface area contributed by atoms with Gasteiger partial charge in [0.2, 0.25) is 0 Å². The van der Waals surface area contributed by atoms with Crippen molar-refractivity contribution >= 4 is 0 Å². The van der Waals surface area contributed by atoms with Gasteiger partial charge in [-0.15, -0.1) is 0 Å². The maximum Gasteiger partial charge on any atom is 0.0850 e. The maximum atomic E-state index is 10.4. The minimum Gasteiger partial charge on any atom is -0.388 e. The molecule has 2 heterocycles. The van der Waals surface area contributed by atoms with Crippen molar-refractivity contribution in [2.75, 3.05) is 13.1 Å². The van der Waals surface area contributed by atoms with Crippen LogP contribution in [0.5, 0.6) is 0 Å². The molecule has 1 fully saturated rings. The average Bonchev–Trinajstić information content (AvgIpc) is 2.50. The van der Waals surface area contributed by atoms with Gasteiger partial charge in [0, 0.05) is 11.4 Å². The molecule has 2 rings (SSSR count). The molecule has 3 heteroatoms. The molecule has 1 aliphatic rings. The Kier molecular flexibility index (Phi) is 2.85. The molecular formula is C12H20N2O. The van der Waals surface area contributed by atoms with Crippen LogP contribution in [0.25, 0.3) is 0 Å². The van der Waals surface area contributed by atoms with E-state index in [0.29, 0.717) is 0 Å². The van der Waals surface area contributed by atoms with E-state index in [9.17, 15) is 5.11 Å². The lowest BCUT2D eigenvalue weighted by atomic mass is 9.92. The first-order valence-electron chi connectivity index (χ1n) is 5.67. The summed E-state index contributed by atoms with van der Waals surface area (Å²) >= 11 is 0. The van der Waals surface area contributed by atoms with E-state index in [1.54, 1.807) is 0 Å². The van der Waals surface area contributed by atoms with Gasteiger partial charge in [-0.05, 0) is 51.9 Å². The number of rotatable bonds is 2. The number of nitrogens with zero attached hydrogens (tertiary/aromatic N) is 1. The third-order valence-electron chi connectivity index (χ3n) is 3.40. The largest absolute Gasteiger partial charge is 0.388 e. The van der Waals surface area contributed by atoms with E-state index >= 15 is 0 Å². The van der Waals surface area contributed by atoms with E-state index in [1.165, 1.54) is 11.4 Å². The van der Waals surface area contributed by atoms with Crippen molar-refractivity contribution in [3.05, 3.63) is 23.5 Å². The van der Waals surface area contributed by atoms with E-state index in [4.69, 9.17) is 0 Å². The summed E-state index contributed by atoms with van der Waals surface area (Å²) in [5, 5.41) is 13.7. The number of nitrogens with one attached hydrogen (secondary N) is 1. The molecule has 3 nitrogen and oxygen atoms in total. The summed E-state index contributed by atoms with van der Waals surface area (Å²) in [6.45, 7) is 6.78. The van der Waals surface area contributed by atoms with Crippen LogP contribution in [0.1, 0.15) is 24.2 Å². The Bertz CT molecular complexity index is 318. The zero-order valence-corrected chi connectivity index (χ0v) is 9.58. The molecule has 0 aliphatic carbocycles. The van der Waals surface area contributed by atoms with Gasteiger partial charge in [-0.3, -0.25) is 0 Å². The molecule has 84 valence electrons. The highest BCUT2D eigenvalue weighted by Crippen LogP contribution is 2.22. The summed E-state index contributed by atoms with van der Waals surface area (Å²) in [7, 11) is 0. The van der Waals surface area contributed by atoms with Gasteiger partial charge in [-0.25, -0.2) is 0 Å². The number of aliphatic hydroxyl groups is 1. The second-order valence-corrected chi connectivity index (χ2v) is 4.68. The molecule has 1 saturated heterocycles. The van der Waals surface area contributed by atoms with E-state index in [0.717, 1.165) is 32.5 Å². The third kappa shape index (κ3) is 2.24. The monoisotopic (exact) mass is 208 g/mol. The maximum absolute atomic E-state index is 10.4. The Balaban J connectivity index is 2.13. The van der Waals surface area contributed by atoms with Crippen molar-refractivity contribution in [2.24, 2.45) is 0 Å². The summed E-state index contributed by atoms with van der Waals surface area (Å²) in [6.07, 6.45) is 1.70. The predicted molar refractivity (Wildman–Crippen MR) is 61.0 cm³/mol. The Morgan fingerprint density at radius 1 is 1.27 bits per heavy atom. The van der Waals surface area contributed by atoms with Gasteiger partial charge in [0.1, 0.15) is 0 Å². The van der Waals surface area contributed by atoms with Gasteiger partial charge in [0.25, 0.3) is 0 Å². The molecule has 0 bridgehead atoms.